The van der Waals surface area contributed by atoms with Crippen LogP contribution in [0.2, 0.25) is 21.6 Å². The molecule has 95 heavy (non-hydrogen) atoms. The lowest BCUT2D eigenvalue weighted by Crippen LogP contribution is -2.57. The first-order valence-electron chi connectivity index (χ1n) is 34.8. The number of methoxy groups -OCH3 is 1. The number of nitrogens with one attached hydrogen (secondary N) is 1. The highest BCUT2D eigenvalue weighted by Crippen LogP contribution is 2.45. The summed E-state index contributed by atoms with van der Waals surface area (Å²) >= 11 is 7.05. The molecule has 7 aliphatic heterocycles. The van der Waals surface area contributed by atoms with Gasteiger partial charge in [-0.25, -0.2) is 13.6 Å². The first kappa shape index (κ1) is 68.2. The largest absolute Gasteiger partial charge is 0.468 e. The van der Waals surface area contributed by atoms with Crippen LogP contribution in [0.1, 0.15) is 154 Å². The number of fused-ring (bicyclic) bond motifs is 5. The van der Waals surface area contributed by atoms with Gasteiger partial charge in [0.1, 0.15) is 54.9 Å². The van der Waals surface area contributed by atoms with Gasteiger partial charge in [0.15, 0.2) is 12.6 Å². The Hall–Kier alpha value is -6.70. The van der Waals surface area contributed by atoms with Crippen molar-refractivity contribution in [1.29, 1.82) is 0 Å². The van der Waals surface area contributed by atoms with Crippen LogP contribution < -0.4 is 24.6 Å². The SMILES string of the molecule is COCOc1cc(-c2ncc3c(N4C[C@H]5CC[C@@H](C4)N5C(=O)OC(C)(C)C)nc(OCCN4CCC(CC5CCN(CC6CCN(c7ccc8c(c7Cl)CN(C7CCC(=O)NC7=O)C8=O)CC6)CC5)CC4)nc3c2F)c2c(C#C[Si](C(C)C)(C(C)C)C(C)C)c(F)ccc2c1. The number of amides is 4. The van der Waals surface area contributed by atoms with Gasteiger partial charge in [-0.1, -0.05) is 65.1 Å². The van der Waals surface area contributed by atoms with Gasteiger partial charge in [-0.05, 0) is 181 Å². The number of carbonyl (C=O) groups excluding carboxylic acids is 4. The van der Waals surface area contributed by atoms with Crippen molar-refractivity contribution in [2.24, 2.45) is 17.8 Å². The van der Waals surface area contributed by atoms with E-state index in [4.69, 9.17) is 45.5 Å². The third-order valence-electron chi connectivity index (χ3n) is 21.8. The third kappa shape index (κ3) is 14.2. The summed E-state index contributed by atoms with van der Waals surface area (Å²) in [5.74, 6) is 4.06. The van der Waals surface area contributed by atoms with Crippen LogP contribution in [0.5, 0.6) is 11.8 Å². The number of carbonyl (C=O) groups is 4. The van der Waals surface area contributed by atoms with Crippen molar-refractivity contribution in [3.05, 3.63) is 75.9 Å². The molecule has 0 saturated carbocycles. The topological polar surface area (TPSA) is 175 Å². The number of likely N-dealkylation sites (tertiary alicyclic amines) is 2. The van der Waals surface area contributed by atoms with E-state index in [1.54, 1.807) is 29.3 Å². The zero-order chi connectivity index (χ0) is 67.2. The number of hydrogen-bond donors (Lipinski definition) is 1. The number of anilines is 2. The van der Waals surface area contributed by atoms with Gasteiger partial charge in [-0.2, -0.15) is 9.97 Å². The summed E-state index contributed by atoms with van der Waals surface area (Å²) in [5.41, 5.74) is 6.63. The van der Waals surface area contributed by atoms with E-state index in [0.29, 0.717) is 111 Å². The molecule has 18 nitrogen and oxygen atoms in total. The van der Waals surface area contributed by atoms with Crippen LogP contribution >= 0.6 is 11.6 Å². The number of hydrogen-bond acceptors (Lipinski definition) is 15. The second kappa shape index (κ2) is 28.4. The van der Waals surface area contributed by atoms with Gasteiger partial charge in [0.2, 0.25) is 11.8 Å². The summed E-state index contributed by atoms with van der Waals surface area (Å²) < 4.78 is 58.5. The third-order valence-corrected chi connectivity index (χ3v) is 28.5. The van der Waals surface area contributed by atoms with Gasteiger partial charge >= 0.3 is 12.1 Å². The van der Waals surface area contributed by atoms with Gasteiger partial charge < -0.3 is 38.5 Å². The van der Waals surface area contributed by atoms with E-state index in [1.165, 1.54) is 32.4 Å². The fourth-order valence-electron chi connectivity index (χ4n) is 16.9. The van der Waals surface area contributed by atoms with Gasteiger partial charge in [0.25, 0.3) is 5.91 Å². The van der Waals surface area contributed by atoms with Gasteiger partial charge in [-0.15, -0.1) is 5.54 Å². The number of piperidine rings is 4. The van der Waals surface area contributed by atoms with E-state index in [2.05, 4.69) is 77.9 Å². The first-order valence-corrected chi connectivity index (χ1v) is 37.4. The maximum absolute atomic E-state index is 18.2. The highest BCUT2D eigenvalue weighted by molar-refractivity contribution is 6.90. The van der Waals surface area contributed by atoms with Gasteiger partial charge in [-0.3, -0.25) is 34.5 Å². The lowest BCUT2D eigenvalue weighted by Gasteiger charge is -2.42. The van der Waals surface area contributed by atoms with Crippen LogP contribution in [0.15, 0.2) is 42.6 Å². The van der Waals surface area contributed by atoms with E-state index < -0.39 is 37.3 Å². The maximum atomic E-state index is 18.2. The molecule has 2 aromatic heterocycles. The van der Waals surface area contributed by atoms with Gasteiger partial charge in [0.05, 0.1) is 33.7 Å². The fraction of sp³-hybridized carbons (Fsp3) is 0.603. The normalized spacial score (nSPS) is 21.4. The van der Waals surface area contributed by atoms with E-state index in [1.807, 2.05) is 37.8 Å². The molecule has 1 unspecified atom stereocenters. The van der Waals surface area contributed by atoms with Crippen LogP contribution in [0.3, 0.4) is 0 Å². The second-order valence-corrected chi connectivity index (χ2v) is 35.7. The lowest BCUT2D eigenvalue weighted by molar-refractivity contribution is -0.136. The molecule has 1 N–H and O–H groups in total. The predicted molar refractivity (Wildman–Crippen MR) is 369 cm³/mol. The molecule has 7 aliphatic rings. The Morgan fingerprint density at radius 2 is 1.45 bits per heavy atom. The maximum Gasteiger partial charge on any atom is 0.410 e. The van der Waals surface area contributed by atoms with Crippen molar-refractivity contribution >= 4 is 76.7 Å². The van der Waals surface area contributed by atoms with Crippen LogP contribution in [0.4, 0.5) is 25.1 Å². The molecule has 22 heteroatoms. The fourth-order valence-corrected chi connectivity index (χ4v) is 22.4. The zero-order valence-corrected chi connectivity index (χ0v) is 58.9. The highest BCUT2D eigenvalue weighted by Gasteiger charge is 2.47. The minimum atomic E-state index is -2.35. The highest BCUT2D eigenvalue weighted by atomic mass is 35.5. The Morgan fingerprint density at radius 3 is 2.09 bits per heavy atom. The quantitative estimate of drug-likeness (QED) is 0.0379. The molecule has 9 heterocycles. The van der Waals surface area contributed by atoms with E-state index in [-0.39, 0.29) is 72.5 Å². The molecule has 6 saturated heterocycles. The molecule has 3 atom stereocenters. The molecule has 2 bridgehead atoms. The number of benzene rings is 3. The van der Waals surface area contributed by atoms with Crippen LogP contribution in [0, 0.1) is 40.9 Å². The summed E-state index contributed by atoms with van der Waals surface area (Å²) in [6.45, 7) is 28.0. The molecule has 0 radical (unpaired) electrons. The molecule has 6 fully saturated rings. The van der Waals surface area contributed by atoms with E-state index in [9.17, 15) is 19.2 Å². The van der Waals surface area contributed by atoms with Crippen LogP contribution in [-0.4, -0.2) is 176 Å². The number of piperazine rings is 1. The number of rotatable bonds is 18. The molecular weight excluding hydrogens is 1250 g/mol. The molecule has 3 aromatic carbocycles. The predicted octanol–water partition coefficient (Wildman–Crippen LogP) is 12.8. The average Bonchev–Trinajstić information content (AvgIpc) is 1.64. The van der Waals surface area contributed by atoms with Crippen LogP contribution in [-0.2, 0) is 25.6 Å². The summed E-state index contributed by atoms with van der Waals surface area (Å²) in [6.07, 6.45) is 11.4. The minimum Gasteiger partial charge on any atom is -0.468 e. The Balaban J connectivity index is 0.698. The van der Waals surface area contributed by atoms with E-state index >= 15 is 8.78 Å². The van der Waals surface area contributed by atoms with Gasteiger partial charge in [0, 0.05) is 87.6 Å². The summed E-state index contributed by atoms with van der Waals surface area (Å²) in [7, 11) is -0.826. The molecule has 12 rings (SSSR count). The zero-order valence-electron chi connectivity index (χ0n) is 57.1. The van der Waals surface area contributed by atoms with Crippen molar-refractivity contribution in [2.45, 2.75) is 180 Å². The Morgan fingerprint density at radius 1 is 0.789 bits per heavy atom. The van der Waals surface area contributed by atoms with Crippen LogP contribution in [0.25, 0.3) is 32.9 Å². The smallest absolute Gasteiger partial charge is 0.410 e. The summed E-state index contributed by atoms with van der Waals surface area (Å²) in [5, 5.41) is 4.38. The molecule has 5 aromatic rings. The number of ether oxygens (including phenoxy) is 4. The number of pyridine rings is 1. The molecule has 510 valence electrons. The average molecular weight is 1340 g/mol. The summed E-state index contributed by atoms with van der Waals surface area (Å²) in [4.78, 5) is 79.2. The molecule has 0 spiro atoms. The second-order valence-electron chi connectivity index (χ2n) is 29.7. The van der Waals surface area contributed by atoms with Crippen molar-refractivity contribution in [3.63, 3.8) is 0 Å². The standard InChI is InChI=1S/C73H95ClF2N10O8Si/c1-44(2)95(45(3)4,46(5)6)34-25-55-59(75)15-11-50-36-53(93-43-91-10)37-56(63(50)55)66-65(76)67-57(38-77-66)68(84-40-51-12-13-52(41-84)86(51)72(90)94-73(7,8)9)80-71(79-67)92-33-32-81-26-19-47(20-27-81)35-48-21-28-82(29-22-48)39-49-23-30-83(31-24-49)60-16-14-54-58(64(60)74)42-85(70(54)89)61-17-18-62(87)78-69(61)88/h11,14-16,36-38,44-49,51-52,61H,12-13,17-24,26-33,35,39-43H2,1-10H3,(H,78,87,88)/t51-,52+,61?. The van der Waals surface area contributed by atoms with Crippen molar-refractivity contribution < 1.29 is 46.9 Å². The number of halogens is 3. The lowest BCUT2D eigenvalue weighted by atomic mass is 9.82. The Labute approximate surface area is 564 Å². The van der Waals surface area contributed by atoms with Crippen molar-refractivity contribution in [2.75, 3.05) is 95.8 Å². The number of nitrogens with zero attached hydrogens (tertiary/aromatic N) is 9. The van der Waals surface area contributed by atoms with Crippen molar-refractivity contribution in [3.8, 4) is 34.5 Å². The summed E-state index contributed by atoms with van der Waals surface area (Å²) in [6, 6.07) is 9.41. The van der Waals surface area contributed by atoms with E-state index in [0.717, 1.165) is 95.6 Å². The molecule has 4 amide bonds. The number of aromatic nitrogens is 3. The molecular formula is C73H95ClF2N10O8Si. The first-order chi connectivity index (χ1) is 45.5. The minimum absolute atomic E-state index is 0.0124. The number of imide groups is 1. The monoisotopic (exact) mass is 1340 g/mol. The molecule has 0 aliphatic carbocycles. The Bertz CT molecular complexity index is 3740. The Kier molecular flexibility index (Phi) is 20.4. The van der Waals surface area contributed by atoms with Crippen molar-refractivity contribution in [1.82, 2.24) is 39.9 Å².